The molecule has 0 aliphatic heterocycles. The van der Waals surface area contributed by atoms with Crippen LogP contribution in [0.5, 0.6) is 5.75 Å². The molecule has 1 heterocycles. The molecule has 0 saturated heterocycles. The quantitative estimate of drug-likeness (QED) is 0.382. The maximum absolute atomic E-state index is 12.1. The Morgan fingerprint density at radius 1 is 1.25 bits per heavy atom. The van der Waals surface area contributed by atoms with Crippen LogP contribution in [0.25, 0.3) is 10.2 Å². The molecule has 0 aliphatic rings. The monoisotopic (exact) mass is 401 g/mol. The number of ether oxygens (including phenoxy) is 2. The number of aromatic nitrogens is 1. The smallest absolute Gasteiger partial charge is 0.338 e. The van der Waals surface area contributed by atoms with Crippen LogP contribution in [-0.2, 0) is 9.53 Å². The van der Waals surface area contributed by atoms with Crippen molar-refractivity contribution in [2.24, 2.45) is 0 Å². The minimum atomic E-state index is -0.860. The predicted molar refractivity (Wildman–Crippen MR) is 103 cm³/mol. The van der Waals surface area contributed by atoms with Crippen LogP contribution >= 0.6 is 11.3 Å². The second-order valence-electron chi connectivity index (χ2n) is 5.76. The number of aryl methyl sites for hydroxylation is 1. The highest BCUT2D eigenvalue weighted by Crippen LogP contribution is 2.28. The molecular weight excluding hydrogens is 386 g/mol. The molecule has 0 spiro atoms. The number of thiazole rings is 1. The summed E-state index contributed by atoms with van der Waals surface area (Å²) in [5, 5.41) is 14.0. The van der Waals surface area contributed by atoms with E-state index in [0.29, 0.717) is 5.13 Å². The van der Waals surface area contributed by atoms with Crippen LogP contribution in [0.15, 0.2) is 36.4 Å². The van der Waals surface area contributed by atoms with E-state index in [9.17, 15) is 19.7 Å². The maximum Gasteiger partial charge on any atom is 0.338 e. The van der Waals surface area contributed by atoms with E-state index in [4.69, 9.17) is 9.47 Å². The molecule has 144 valence electrons. The lowest BCUT2D eigenvalue weighted by molar-refractivity contribution is -0.385. The second-order valence-corrected chi connectivity index (χ2v) is 6.79. The van der Waals surface area contributed by atoms with E-state index in [0.717, 1.165) is 21.8 Å². The SMILES string of the molecule is COc1ccc(C(=O)OCC(=O)Nc2nc3ccc(C)cc3s2)cc1[N+](=O)[O-]. The van der Waals surface area contributed by atoms with Gasteiger partial charge in [0.15, 0.2) is 17.5 Å². The normalized spacial score (nSPS) is 10.5. The number of hydrogen-bond donors (Lipinski definition) is 1. The maximum atomic E-state index is 12.1. The molecule has 9 nitrogen and oxygen atoms in total. The topological polar surface area (TPSA) is 121 Å². The molecule has 2 aromatic carbocycles. The zero-order chi connectivity index (χ0) is 20.3. The van der Waals surface area contributed by atoms with E-state index in [2.05, 4.69) is 10.3 Å². The molecule has 3 aromatic rings. The first-order valence-corrected chi connectivity index (χ1v) is 8.85. The van der Waals surface area contributed by atoms with E-state index in [-0.39, 0.29) is 17.0 Å². The Hall–Kier alpha value is -3.53. The van der Waals surface area contributed by atoms with Gasteiger partial charge in [-0.1, -0.05) is 17.4 Å². The molecule has 10 heteroatoms. The number of carbonyl (C=O) groups excluding carboxylic acids is 2. The zero-order valence-corrected chi connectivity index (χ0v) is 15.7. The Labute approximate surface area is 163 Å². The Balaban J connectivity index is 1.62. The third-order valence-electron chi connectivity index (χ3n) is 3.74. The number of nitro benzene ring substituents is 1. The Morgan fingerprint density at radius 2 is 2.04 bits per heavy atom. The van der Waals surface area contributed by atoms with Gasteiger partial charge in [0, 0.05) is 6.07 Å². The molecule has 3 rings (SSSR count). The van der Waals surface area contributed by atoms with Crippen LogP contribution < -0.4 is 10.1 Å². The fraction of sp³-hybridized carbons (Fsp3) is 0.167. The van der Waals surface area contributed by atoms with Gasteiger partial charge >= 0.3 is 11.7 Å². The zero-order valence-electron chi connectivity index (χ0n) is 14.9. The summed E-state index contributed by atoms with van der Waals surface area (Å²) < 4.78 is 10.7. The van der Waals surface area contributed by atoms with Gasteiger partial charge in [-0.2, -0.15) is 0 Å². The van der Waals surface area contributed by atoms with E-state index in [1.807, 2.05) is 25.1 Å². The minimum Gasteiger partial charge on any atom is -0.490 e. The summed E-state index contributed by atoms with van der Waals surface area (Å²) in [5.41, 5.74) is 1.41. The summed E-state index contributed by atoms with van der Waals surface area (Å²) in [6.45, 7) is 1.41. The number of fused-ring (bicyclic) bond motifs is 1. The largest absolute Gasteiger partial charge is 0.490 e. The molecule has 1 aromatic heterocycles. The number of rotatable bonds is 6. The number of nitro groups is 1. The number of nitrogens with zero attached hydrogens (tertiary/aromatic N) is 2. The summed E-state index contributed by atoms with van der Waals surface area (Å²) in [6.07, 6.45) is 0. The lowest BCUT2D eigenvalue weighted by atomic mass is 10.2. The van der Waals surface area contributed by atoms with Gasteiger partial charge in [0.25, 0.3) is 5.91 Å². The number of esters is 1. The minimum absolute atomic E-state index is 0.0189. The Kier molecular flexibility index (Phi) is 5.50. The molecule has 0 fully saturated rings. The average molecular weight is 401 g/mol. The van der Waals surface area contributed by atoms with Crippen molar-refractivity contribution in [2.45, 2.75) is 6.92 Å². The van der Waals surface area contributed by atoms with E-state index in [1.54, 1.807) is 0 Å². The number of carbonyl (C=O) groups is 2. The fourth-order valence-corrected chi connectivity index (χ4v) is 3.39. The number of hydrogen-bond acceptors (Lipinski definition) is 8. The molecule has 0 unspecified atom stereocenters. The lowest BCUT2D eigenvalue weighted by Crippen LogP contribution is -2.20. The highest BCUT2D eigenvalue weighted by molar-refractivity contribution is 7.22. The fourth-order valence-electron chi connectivity index (χ4n) is 2.41. The third kappa shape index (κ3) is 4.23. The lowest BCUT2D eigenvalue weighted by Gasteiger charge is -2.06. The summed E-state index contributed by atoms with van der Waals surface area (Å²) in [7, 11) is 1.29. The summed E-state index contributed by atoms with van der Waals surface area (Å²) in [4.78, 5) is 38.7. The molecule has 28 heavy (non-hydrogen) atoms. The van der Waals surface area contributed by atoms with Crippen molar-refractivity contribution in [3.8, 4) is 5.75 Å². The standard InChI is InChI=1S/C18H15N3O6S/c1-10-3-5-12-15(7-10)28-18(19-12)20-16(22)9-27-17(23)11-4-6-14(26-2)13(8-11)21(24)25/h3-8H,9H2,1-2H3,(H,19,20,22). The predicted octanol–water partition coefficient (Wildman–Crippen LogP) is 3.32. The first-order valence-electron chi connectivity index (χ1n) is 8.04. The second kappa shape index (κ2) is 8.01. The highest BCUT2D eigenvalue weighted by Gasteiger charge is 2.19. The average Bonchev–Trinajstić information content (AvgIpc) is 3.06. The van der Waals surface area contributed by atoms with Crippen molar-refractivity contribution in [2.75, 3.05) is 19.0 Å². The first kappa shape index (κ1) is 19.2. The molecule has 0 saturated carbocycles. The van der Waals surface area contributed by atoms with E-state index < -0.39 is 23.4 Å². The van der Waals surface area contributed by atoms with E-state index in [1.165, 1.54) is 30.6 Å². The highest BCUT2D eigenvalue weighted by atomic mass is 32.1. The van der Waals surface area contributed by atoms with Crippen molar-refractivity contribution >= 4 is 44.2 Å². The van der Waals surface area contributed by atoms with Crippen LogP contribution in [0.3, 0.4) is 0 Å². The van der Waals surface area contributed by atoms with Crippen LogP contribution in [0.2, 0.25) is 0 Å². The van der Waals surface area contributed by atoms with Gasteiger partial charge in [-0.3, -0.25) is 20.2 Å². The number of methoxy groups -OCH3 is 1. The van der Waals surface area contributed by atoms with Crippen molar-refractivity contribution in [3.63, 3.8) is 0 Å². The van der Waals surface area contributed by atoms with Crippen molar-refractivity contribution in [3.05, 3.63) is 57.6 Å². The van der Waals surface area contributed by atoms with Crippen LogP contribution in [0, 0.1) is 17.0 Å². The summed E-state index contributed by atoms with van der Waals surface area (Å²) >= 11 is 1.31. The number of nitrogens with one attached hydrogen (secondary N) is 1. The number of amides is 1. The van der Waals surface area contributed by atoms with Gasteiger partial charge in [-0.25, -0.2) is 9.78 Å². The van der Waals surface area contributed by atoms with Crippen molar-refractivity contribution < 1.29 is 24.0 Å². The summed E-state index contributed by atoms with van der Waals surface area (Å²) in [6, 6.07) is 9.38. The van der Waals surface area contributed by atoms with Crippen LogP contribution in [-0.4, -0.2) is 35.5 Å². The van der Waals surface area contributed by atoms with Crippen LogP contribution in [0.1, 0.15) is 15.9 Å². The first-order chi connectivity index (χ1) is 13.4. The third-order valence-corrected chi connectivity index (χ3v) is 4.67. The van der Waals surface area contributed by atoms with Gasteiger partial charge < -0.3 is 9.47 Å². The number of anilines is 1. The van der Waals surface area contributed by atoms with Crippen LogP contribution in [0.4, 0.5) is 10.8 Å². The van der Waals surface area contributed by atoms with Gasteiger partial charge in [0.2, 0.25) is 0 Å². The van der Waals surface area contributed by atoms with E-state index >= 15 is 0 Å². The molecule has 0 atom stereocenters. The molecule has 0 aliphatic carbocycles. The van der Waals surface area contributed by atoms with Crippen molar-refractivity contribution in [1.29, 1.82) is 0 Å². The summed E-state index contributed by atoms with van der Waals surface area (Å²) in [5.74, 6) is -1.40. The molecule has 1 N–H and O–H groups in total. The van der Waals surface area contributed by atoms with Gasteiger partial charge in [-0.05, 0) is 36.8 Å². The number of benzene rings is 2. The molecule has 0 bridgehead atoms. The van der Waals surface area contributed by atoms with Gasteiger partial charge in [-0.15, -0.1) is 0 Å². The molecule has 0 radical (unpaired) electrons. The Morgan fingerprint density at radius 3 is 2.75 bits per heavy atom. The van der Waals surface area contributed by atoms with Gasteiger partial charge in [0.05, 0.1) is 27.8 Å². The van der Waals surface area contributed by atoms with Gasteiger partial charge in [0.1, 0.15) is 0 Å². The van der Waals surface area contributed by atoms with Crippen molar-refractivity contribution in [1.82, 2.24) is 4.98 Å². The molecular formula is C18H15N3O6S. The Bertz CT molecular complexity index is 1080. The molecule has 1 amide bonds.